The van der Waals surface area contributed by atoms with Crippen molar-refractivity contribution in [2.75, 3.05) is 25.0 Å². The summed E-state index contributed by atoms with van der Waals surface area (Å²) < 4.78 is 1.47. The quantitative estimate of drug-likeness (QED) is 0.765. The number of nitrogens with zero attached hydrogens (tertiary/aromatic N) is 1. The SMILES string of the molecule is CCCN(CCC)[C@H]1Cc2c(I)ccc3c2[C@@H](CN3)C1. The molecule has 0 spiro atoms. The van der Waals surface area contributed by atoms with Gasteiger partial charge in [-0.2, -0.15) is 0 Å². The number of hydrogen-bond acceptors (Lipinski definition) is 2. The van der Waals surface area contributed by atoms with Crippen LogP contribution >= 0.6 is 22.6 Å². The van der Waals surface area contributed by atoms with Crippen molar-refractivity contribution in [3.63, 3.8) is 0 Å². The number of hydrogen-bond donors (Lipinski definition) is 1. The van der Waals surface area contributed by atoms with E-state index in [4.69, 9.17) is 0 Å². The highest BCUT2D eigenvalue weighted by atomic mass is 127. The lowest BCUT2D eigenvalue weighted by Crippen LogP contribution is -2.41. The van der Waals surface area contributed by atoms with Crippen molar-refractivity contribution in [2.45, 2.75) is 51.5 Å². The zero-order valence-electron chi connectivity index (χ0n) is 12.6. The lowest BCUT2D eigenvalue weighted by atomic mass is 9.80. The first kappa shape index (κ1) is 14.6. The minimum absolute atomic E-state index is 0.740. The molecule has 0 aromatic heterocycles. The molecule has 1 N–H and O–H groups in total. The Kier molecular flexibility index (Phi) is 4.55. The highest BCUT2D eigenvalue weighted by Crippen LogP contribution is 2.44. The number of benzene rings is 1. The van der Waals surface area contributed by atoms with E-state index in [9.17, 15) is 0 Å². The Balaban J connectivity index is 1.88. The fraction of sp³-hybridized carbons (Fsp3) is 0.647. The van der Waals surface area contributed by atoms with Crippen LogP contribution in [0.3, 0.4) is 0 Å². The molecule has 0 fully saturated rings. The monoisotopic (exact) mass is 384 g/mol. The van der Waals surface area contributed by atoms with E-state index >= 15 is 0 Å². The van der Waals surface area contributed by atoms with Gasteiger partial charge in [-0.25, -0.2) is 0 Å². The maximum absolute atomic E-state index is 3.61. The highest BCUT2D eigenvalue weighted by Gasteiger charge is 2.35. The topological polar surface area (TPSA) is 15.3 Å². The Labute approximate surface area is 136 Å². The Morgan fingerprint density at radius 2 is 2.00 bits per heavy atom. The van der Waals surface area contributed by atoms with E-state index in [0.717, 1.165) is 18.5 Å². The van der Waals surface area contributed by atoms with E-state index < -0.39 is 0 Å². The number of halogens is 1. The molecule has 0 saturated carbocycles. The molecule has 1 aliphatic carbocycles. The lowest BCUT2D eigenvalue weighted by Gasteiger charge is -2.37. The summed E-state index contributed by atoms with van der Waals surface area (Å²) in [4.78, 5) is 2.74. The summed E-state index contributed by atoms with van der Waals surface area (Å²) in [6.45, 7) is 8.26. The highest BCUT2D eigenvalue weighted by molar-refractivity contribution is 14.1. The van der Waals surface area contributed by atoms with Crippen LogP contribution in [-0.2, 0) is 6.42 Å². The molecule has 1 aliphatic heterocycles. The van der Waals surface area contributed by atoms with Crippen LogP contribution < -0.4 is 5.32 Å². The van der Waals surface area contributed by atoms with Crippen LogP contribution in [0, 0.1) is 3.57 Å². The molecule has 0 saturated heterocycles. The van der Waals surface area contributed by atoms with Gasteiger partial charge in [-0.05, 0) is 84.6 Å². The molecule has 2 atom stereocenters. The third kappa shape index (κ3) is 2.59. The summed E-state index contributed by atoms with van der Waals surface area (Å²) in [6.07, 6.45) is 5.12. The van der Waals surface area contributed by atoms with Crippen molar-refractivity contribution >= 4 is 28.3 Å². The van der Waals surface area contributed by atoms with Crippen LogP contribution in [0.1, 0.15) is 50.2 Å². The van der Waals surface area contributed by atoms with Crippen LogP contribution in [0.25, 0.3) is 0 Å². The van der Waals surface area contributed by atoms with Crippen LogP contribution in [0.15, 0.2) is 12.1 Å². The van der Waals surface area contributed by atoms with Crippen molar-refractivity contribution in [3.05, 3.63) is 26.8 Å². The van der Waals surface area contributed by atoms with E-state index in [1.165, 1.54) is 48.0 Å². The maximum Gasteiger partial charge on any atom is 0.0379 e. The Morgan fingerprint density at radius 1 is 1.25 bits per heavy atom. The van der Waals surface area contributed by atoms with Gasteiger partial charge in [0.15, 0.2) is 0 Å². The second-order valence-electron chi connectivity index (χ2n) is 6.19. The van der Waals surface area contributed by atoms with Gasteiger partial charge in [0.25, 0.3) is 0 Å². The Morgan fingerprint density at radius 3 is 2.70 bits per heavy atom. The van der Waals surface area contributed by atoms with E-state index in [2.05, 4.69) is 58.8 Å². The van der Waals surface area contributed by atoms with E-state index in [1.54, 1.807) is 11.1 Å². The molecule has 110 valence electrons. The molecule has 1 heterocycles. The molecule has 0 unspecified atom stereocenters. The second-order valence-corrected chi connectivity index (χ2v) is 7.36. The summed E-state index contributed by atoms with van der Waals surface area (Å²) >= 11 is 2.53. The van der Waals surface area contributed by atoms with E-state index in [0.29, 0.717) is 0 Å². The number of rotatable bonds is 5. The van der Waals surface area contributed by atoms with Crippen molar-refractivity contribution in [3.8, 4) is 0 Å². The average molecular weight is 384 g/mol. The van der Waals surface area contributed by atoms with Crippen LogP contribution in [0.5, 0.6) is 0 Å². The molecule has 2 aliphatic rings. The normalized spacial score (nSPS) is 23.8. The van der Waals surface area contributed by atoms with Crippen LogP contribution in [0.2, 0.25) is 0 Å². The molecule has 3 heteroatoms. The molecule has 0 bridgehead atoms. The van der Waals surface area contributed by atoms with Crippen LogP contribution in [-0.4, -0.2) is 30.6 Å². The second kappa shape index (κ2) is 6.22. The molecule has 0 amide bonds. The van der Waals surface area contributed by atoms with Gasteiger partial charge in [0.05, 0.1) is 0 Å². The molecule has 1 aromatic carbocycles. The van der Waals surface area contributed by atoms with Gasteiger partial charge in [0.1, 0.15) is 0 Å². The molecule has 1 aromatic rings. The predicted molar refractivity (Wildman–Crippen MR) is 94.7 cm³/mol. The molecular weight excluding hydrogens is 359 g/mol. The van der Waals surface area contributed by atoms with Gasteiger partial charge in [0, 0.05) is 27.8 Å². The van der Waals surface area contributed by atoms with Gasteiger partial charge in [0.2, 0.25) is 0 Å². The summed E-state index contributed by atoms with van der Waals surface area (Å²) in [6, 6.07) is 5.31. The van der Waals surface area contributed by atoms with Gasteiger partial charge >= 0.3 is 0 Å². The van der Waals surface area contributed by atoms with E-state index in [1.807, 2.05) is 0 Å². The zero-order valence-corrected chi connectivity index (χ0v) is 14.7. The van der Waals surface area contributed by atoms with Gasteiger partial charge in [-0.3, -0.25) is 0 Å². The Hall–Kier alpha value is -0.290. The standard InChI is InChI=1S/C17H25IN2/c1-3-7-20(8-4-2)13-9-12-11-19-16-6-5-15(18)14(10-13)17(12)16/h5-6,12-13,19H,3-4,7-11H2,1-2H3/t12-,13-/m1/s1. The fourth-order valence-corrected chi connectivity index (χ4v) is 4.67. The fourth-order valence-electron chi connectivity index (χ4n) is 3.98. The lowest BCUT2D eigenvalue weighted by molar-refractivity contribution is 0.172. The van der Waals surface area contributed by atoms with Gasteiger partial charge < -0.3 is 10.2 Å². The largest absolute Gasteiger partial charge is 0.384 e. The van der Waals surface area contributed by atoms with Crippen molar-refractivity contribution in [2.24, 2.45) is 0 Å². The van der Waals surface area contributed by atoms with Crippen molar-refractivity contribution < 1.29 is 0 Å². The molecule has 0 radical (unpaired) electrons. The third-order valence-corrected chi connectivity index (χ3v) is 5.79. The first-order valence-corrected chi connectivity index (χ1v) is 9.11. The first-order valence-electron chi connectivity index (χ1n) is 8.03. The summed E-state index contributed by atoms with van der Waals surface area (Å²) in [5, 5.41) is 3.61. The average Bonchev–Trinajstić information content (AvgIpc) is 2.86. The first-order chi connectivity index (χ1) is 9.74. The molecule has 2 nitrogen and oxygen atoms in total. The van der Waals surface area contributed by atoms with Crippen molar-refractivity contribution in [1.82, 2.24) is 4.90 Å². The van der Waals surface area contributed by atoms with Crippen LogP contribution in [0.4, 0.5) is 5.69 Å². The summed E-state index contributed by atoms with van der Waals surface area (Å²) in [7, 11) is 0. The van der Waals surface area contributed by atoms with Crippen molar-refractivity contribution in [1.29, 1.82) is 0 Å². The molecule has 20 heavy (non-hydrogen) atoms. The smallest absolute Gasteiger partial charge is 0.0379 e. The van der Waals surface area contributed by atoms with E-state index in [-0.39, 0.29) is 0 Å². The van der Waals surface area contributed by atoms with Gasteiger partial charge in [-0.15, -0.1) is 0 Å². The summed E-state index contributed by atoms with van der Waals surface area (Å²) in [5.41, 5.74) is 4.68. The minimum Gasteiger partial charge on any atom is -0.384 e. The number of nitrogens with one attached hydrogen (secondary N) is 1. The molecule has 3 rings (SSSR count). The molecular formula is C17H25IN2. The summed E-state index contributed by atoms with van der Waals surface area (Å²) in [5.74, 6) is 0.740. The maximum atomic E-state index is 3.61. The Bertz CT molecular complexity index is 480. The predicted octanol–water partition coefficient (Wildman–Crippen LogP) is 4.24. The van der Waals surface area contributed by atoms with Gasteiger partial charge in [-0.1, -0.05) is 13.8 Å². The number of anilines is 1. The minimum atomic E-state index is 0.740. The zero-order chi connectivity index (χ0) is 14.1. The third-order valence-electron chi connectivity index (χ3n) is 4.78.